The molecule has 0 aromatic carbocycles. The fourth-order valence-electron chi connectivity index (χ4n) is 0. The van der Waals surface area contributed by atoms with Crippen molar-refractivity contribution in [3.8, 4) is 0 Å². The van der Waals surface area contributed by atoms with Crippen LogP contribution in [0.2, 0.25) is 0 Å². The quantitative estimate of drug-likeness (QED) is 0.509. The zero-order valence-corrected chi connectivity index (χ0v) is 5.91. The number of aliphatic hydroxyl groups excluding tert-OH is 1. The summed E-state index contributed by atoms with van der Waals surface area (Å²) in [5.74, 6) is 0. The smallest absolute Gasteiger partial charge is 0 e. The standard InChI is InChI=1S/C3H7O.Zr/c1-3(2)4;/h4H,1-2H3;/q-1;. The molecule has 0 radical (unpaired) electrons. The van der Waals surface area contributed by atoms with Gasteiger partial charge in [-0.1, -0.05) is 0 Å². The molecular weight excluding hydrogens is 143 g/mol. The van der Waals surface area contributed by atoms with Crippen molar-refractivity contribution in [2.75, 3.05) is 0 Å². The molecule has 0 atom stereocenters. The topological polar surface area (TPSA) is 20.2 Å². The Hall–Kier alpha value is 0.843. The second-order valence-corrected chi connectivity index (χ2v) is 0.947. The van der Waals surface area contributed by atoms with Crippen molar-refractivity contribution in [2.24, 2.45) is 0 Å². The molecule has 0 aromatic rings. The maximum absolute atomic E-state index is 7.97. The third kappa shape index (κ3) is 55.1. The monoisotopic (exact) mass is 149 g/mol. The van der Waals surface area contributed by atoms with Crippen LogP contribution in [0, 0.1) is 6.10 Å². The Morgan fingerprint density at radius 3 is 1.40 bits per heavy atom. The molecule has 0 heterocycles. The van der Waals surface area contributed by atoms with Crippen LogP contribution in [0.3, 0.4) is 0 Å². The van der Waals surface area contributed by atoms with Crippen LogP contribution in [0.4, 0.5) is 0 Å². The van der Waals surface area contributed by atoms with E-state index in [0.29, 0.717) is 6.10 Å². The van der Waals surface area contributed by atoms with Gasteiger partial charge in [0.25, 0.3) is 0 Å². The molecule has 0 aromatic heterocycles. The largest absolute Gasteiger partial charge is 0.563 e. The van der Waals surface area contributed by atoms with E-state index in [4.69, 9.17) is 5.11 Å². The van der Waals surface area contributed by atoms with Gasteiger partial charge in [0.15, 0.2) is 0 Å². The van der Waals surface area contributed by atoms with Crippen molar-refractivity contribution in [3.63, 3.8) is 0 Å². The van der Waals surface area contributed by atoms with Gasteiger partial charge in [-0.15, -0.1) is 0 Å². The van der Waals surface area contributed by atoms with E-state index >= 15 is 0 Å². The average Bonchev–Trinajstić information content (AvgIpc) is 0.811. The van der Waals surface area contributed by atoms with Gasteiger partial charge in [0.2, 0.25) is 0 Å². The van der Waals surface area contributed by atoms with Crippen LogP contribution in [-0.2, 0) is 26.2 Å². The van der Waals surface area contributed by atoms with Crippen LogP contribution < -0.4 is 0 Å². The Bertz CT molecular complexity index is 11.6. The third-order valence-corrected chi connectivity index (χ3v) is 0. The minimum Gasteiger partial charge on any atom is -0.563 e. The zero-order valence-electron chi connectivity index (χ0n) is 3.45. The molecule has 2 heteroatoms. The van der Waals surface area contributed by atoms with Crippen molar-refractivity contribution in [1.29, 1.82) is 0 Å². The third-order valence-electron chi connectivity index (χ3n) is 0. The van der Waals surface area contributed by atoms with Gasteiger partial charge in [-0.2, -0.15) is 13.8 Å². The summed E-state index contributed by atoms with van der Waals surface area (Å²) in [6.07, 6.45) is 0.417. The molecule has 0 aliphatic carbocycles. The molecule has 0 saturated heterocycles. The second-order valence-electron chi connectivity index (χ2n) is 0.947. The Kier molecular flexibility index (Phi) is 8.99. The first-order valence-electron chi connectivity index (χ1n) is 1.22. The van der Waals surface area contributed by atoms with Gasteiger partial charge < -0.3 is 5.11 Å². The van der Waals surface area contributed by atoms with Gasteiger partial charge in [-0.05, 0) is 0 Å². The van der Waals surface area contributed by atoms with Crippen molar-refractivity contribution < 1.29 is 31.3 Å². The van der Waals surface area contributed by atoms with Crippen LogP contribution in [0.1, 0.15) is 13.8 Å². The maximum Gasteiger partial charge on any atom is 0 e. The fourth-order valence-corrected chi connectivity index (χ4v) is 0. The molecule has 0 rings (SSSR count). The van der Waals surface area contributed by atoms with Crippen molar-refractivity contribution in [1.82, 2.24) is 0 Å². The molecule has 0 saturated carbocycles. The van der Waals surface area contributed by atoms with E-state index in [9.17, 15) is 0 Å². The van der Waals surface area contributed by atoms with Crippen molar-refractivity contribution in [3.05, 3.63) is 6.10 Å². The van der Waals surface area contributed by atoms with Gasteiger partial charge in [-0.3, -0.25) is 0 Å². The van der Waals surface area contributed by atoms with E-state index in [1.54, 1.807) is 13.8 Å². The van der Waals surface area contributed by atoms with E-state index in [1.165, 1.54) is 0 Å². The Labute approximate surface area is 51.5 Å². The minimum absolute atomic E-state index is 0. The summed E-state index contributed by atoms with van der Waals surface area (Å²) in [6.45, 7) is 3.28. The van der Waals surface area contributed by atoms with Crippen LogP contribution in [0.5, 0.6) is 0 Å². The molecule has 0 amide bonds. The first-order valence-corrected chi connectivity index (χ1v) is 1.22. The Balaban J connectivity index is 0. The summed E-state index contributed by atoms with van der Waals surface area (Å²) >= 11 is 0. The summed E-state index contributed by atoms with van der Waals surface area (Å²) in [5, 5.41) is 7.97. The molecule has 1 nitrogen and oxygen atoms in total. The maximum atomic E-state index is 7.97. The summed E-state index contributed by atoms with van der Waals surface area (Å²) in [5.41, 5.74) is 0. The molecule has 0 fully saturated rings. The van der Waals surface area contributed by atoms with Crippen molar-refractivity contribution in [2.45, 2.75) is 13.8 Å². The van der Waals surface area contributed by atoms with E-state index in [0.717, 1.165) is 0 Å². The Morgan fingerprint density at radius 2 is 1.40 bits per heavy atom. The van der Waals surface area contributed by atoms with Gasteiger partial charge in [0.05, 0.1) is 0 Å². The van der Waals surface area contributed by atoms with Gasteiger partial charge in [-0.25, -0.2) is 6.10 Å². The van der Waals surface area contributed by atoms with Crippen LogP contribution in [0.15, 0.2) is 0 Å². The first-order chi connectivity index (χ1) is 1.73. The zero-order chi connectivity index (χ0) is 3.58. The molecule has 0 aliphatic rings. The summed E-state index contributed by atoms with van der Waals surface area (Å²) in [7, 11) is 0. The van der Waals surface area contributed by atoms with Crippen LogP contribution in [0.25, 0.3) is 0 Å². The van der Waals surface area contributed by atoms with E-state index in [2.05, 4.69) is 0 Å². The van der Waals surface area contributed by atoms with Gasteiger partial charge >= 0.3 is 0 Å². The Morgan fingerprint density at radius 1 is 1.40 bits per heavy atom. The molecule has 0 aliphatic heterocycles. The molecule has 5 heavy (non-hydrogen) atoms. The first kappa shape index (κ1) is 9.28. The van der Waals surface area contributed by atoms with E-state index in [1.807, 2.05) is 0 Å². The summed E-state index contributed by atoms with van der Waals surface area (Å²) in [4.78, 5) is 0. The molecule has 0 bridgehead atoms. The average molecular weight is 150 g/mol. The normalized spacial score (nSPS) is 7.20. The van der Waals surface area contributed by atoms with Crippen molar-refractivity contribution >= 4 is 0 Å². The van der Waals surface area contributed by atoms with E-state index in [-0.39, 0.29) is 26.2 Å². The fraction of sp³-hybridized carbons (Fsp3) is 0.667. The van der Waals surface area contributed by atoms with E-state index < -0.39 is 0 Å². The molecular formula is C3H7OZr-. The van der Waals surface area contributed by atoms with Gasteiger partial charge in [0.1, 0.15) is 0 Å². The summed E-state index contributed by atoms with van der Waals surface area (Å²) < 4.78 is 0. The number of rotatable bonds is 0. The number of aliphatic hydroxyl groups is 1. The predicted molar refractivity (Wildman–Crippen MR) is 16.5 cm³/mol. The summed E-state index contributed by atoms with van der Waals surface area (Å²) in [6, 6.07) is 0. The second kappa shape index (κ2) is 4.84. The van der Waals surface area contributed by atoms with Crippen LogP contribution >= 0.6 is 0 Å². The van der Waals surface area contributed by atoms with Gasteiger partial charge in [0, 0.05) is 26.2 Å². The molecule has 0 spiro atoms. The molecule has 30 valence electrons. The number of hydrogen-bond donors (Lipinski definition) is 1. The SMILES string of the molecule is C[C-](C)O.[Zr]. The van der Waals surface area contributed by atoms with Crippen LogP contribution in [-0.4, -0.2) is 5.11 Å². The molecule has 1 N–H and O–H groups in total. The predicted octanol–water partition coefficient (Wildman–Crippen LogP) is 0.928. The number of hydrogen-bond acceptors (Lipinski definition) is 1. The minimum atomic E-state index is 0. The molecule has 0 unspecified atom stereocenters.